The van der Waals surface area contributed by atoms with Crippen molar-refractivity contribution in [3.63, 3.8) is 0 Å². The number of benzene rings is 1. The molecule has 0 atom stereocenters. The van der Waals surface area contributed by atoms with Gasteiger partial charge < -0.3 is 9.26 Å². The van der Waals surface area contributed by atoms with Gasteiger partial charge in [0, 0.05) is 4.70 Å². The van der Waals surface area contributed by atoms with E-state index < -0.39 is 5.97 Å². The summed E-state index contributed by atoms with van der Waals surface area (Å²) >= 11 is 2.74. The van der Waals surface area contributed by atoms with Crippen LogP contribution >= 0.6 is 22.7 Å². The number of halogens is 1. The van der Waals surface area contributed by atoms with Crippen LogP contribution in [-0.2, 0) is 11.3 Å². The van der Waals surface area contributed by atoms with Crippen LogP contribution in [0.3, 0.4) is 0 Å². The maximum atomic E-state index is 13.2. The highest BCUT2D eigenvalue weighted by Gasteiger charge is 2.15. The molecule has 3 aromatic heterocycles. The number of ether oxygens (including phenoxy) is 1. The van der Waals surface area contributed by atoms with Crippen molar-refractivity contribution in [2.75, 3.05) is 0 Å². The third kappa shape index (κ3) is 2.93. The summed E-state index contributed by atoms with van der Waals surface area (Å²) in [4.78, 5) is 17.6. The summed E-state index contributed by atoms with van der Waals surface area (Å²) in [5.74, 6) is -0.160. The Morgan fingerprint density at radius 3 is 3.04 bits per heavy atom. The van der Waals surface area contributed by atoms with E-state index in [9.17, 15) is 9.18 Å². The van der Waals surface area contributed by atoms with Crippen LogP contribution in [-0.4, -0.2) is 16.1 Å². The molecule has 0 bridgehead atoms. The molecule has 0 saturated carbocycles. The molecule has 0 radical (unpaired) electrons. The number of hydrogen-bond donors (Lipinski definition) is 0. The zero-order chi connectivity index (χ0) is 16.5. The maximum Gasteiger partial charge on any atom is 0.348 e. The van der Waals surface area contributed by atoms with Crippen LogP contribution in [0, 0.1) is 5.82 Å². The SMILES string of the molecule is O=C(OCc1nc(-c2cccs2)no1)c1cc2cc(F)ccc2s1. The van der Waals surface area contributed by atoms with Gasteiger partial charge in [-0.05, 0) is 41.1 Å². The topological polar surface area (TPSA) is 65.2 Å². The quantitative estimate of drug-likeness (QED) is 0.501. The number of rotatable bonds is 4. The minimum absolute atomic E-state index is 0.111. The number of carbonyl (C=O) groups excluding carboxylic acids is 1. The molecule has 5 nitrogen and oxygen atoms in total. The second kappa shape index (κ2) is 6.14. The molecule has 24 heavy (non-hydrogen) atoms. The molecule has 0 fully saturated rings. The highest BCUT2D eigenvalue weighted by atomic mass is 32.1. The third-order valence-electron chi connectivity index (χ3n) is 3.22. The molecule has 0 saturated heterocycles. The van der Waals surface area contributed by atoms with Crippen molar-refractivity contribution in [3.8, 4) is 10.7 Å². The number of carbonyl (C=O) groups is 1. The Labute approximate surface area is 143 Å². The van der Waals surface area contributed by atoms with Crippen LogP contribution in [0.15, 0.2) is 46.3 Å². The van der Waals surface area contributed by atoms with Crippen molar-refractivity contribution < 1.29 is 18.4 Å². The van der Waals surface area contributed by atoms with Crippen LogP contribution in [0.4, 0.5) is 4.39 Å². The van der Waals surface area contributed by atoms with Crippen molar-refractivity contribution in [1.29, 1.82) is 0 Å². The van der Waals surface area contributed by atoms with Crippen LogP contribution in [0.5, 0.6) is 0 Å². The molecule has 4 rings (SSSR count). The fourth-order valence-electron chi connectivity index (χ4n) is 2.13. The standard InChI is InChI=1S/C16H9FN2O3S2/c17-10-3-4-11-9(6-10)7-13(24-11)16(20)21-8-14-18-15(19-22-14)12-2-1-5-23-12/h1-7H,8H2. The Bertz CT molecular complexity index is 1010. The lowest BCUT2D eigenvalue weighted by atomic mass is 10.2. The van der Waals surface area contributed by atoms with Gasteiger partial charge in [-0.2, -0.15) is 4.98 Å². The van der Waals surface area contributed by atoms with E-state index in [-0.39, 0.29) is 18.3 Å². The van der Waals surface area contributed by atoms with E-state index in [2.05, 4.69) is 10.1 Å². The first-order chi connectivity index (χ1) is 11.7. The largest absolute Gasteiger partial charge is 0.451 e. The van der Waals surface area contributed by atoms with Crippen molar-refractivity contribution in [1.82, 2.24) is 10.1 Å². The van der Waals surface area contributed by atoms with E-state index >= 15 is 0 Å². The van der Waals surface area contributed by atoms with Crippen molar-refractivity contribution in [2.45, 2.75) is 6.61 Å². The molecular weight excluding hydrogens is 351 g/mol. The van der Waals surface area contributed by atoms with Crippen LogP contribution in [0.1, 0.15) is 15.6 Å². The average molecular weight is 360 g/mol. The number of fused-ring (bicyclic) bond motifs is 1. The molecule has 1 aromatic carbocycles. The van der Waals surface area contributed by atoms with Gasteiger partial charge in [-0.1, -0.05) is 11.2 Å². The van der Waals surface area contributed by atoms with Crippen molar-refractivity contribution >= 4 is 38.7 Å². The molecule has 8 heteroatoms. The maximum absolute atomic E-state index is 13.2. The minimum atomic E-state index is -0.507. The molecular formula is C16H9FN2O3S2. The first-order valence-electron chi connectivity index (χ1n) is 6.92. The lowest BCUT2D eigenvalue weighted by molar-refractivity contribution is 0.0435. The molecule has 4 aromatic rings. The van der Waals surface area contributed by atoms with E-state index in [1.165, 1.54) is 34.8 Å². The van der Waals surface area contributed by atoms with Gasteiger partial charge in [-0.3, -0.25) is 0 Å². The Balaban J connectivity index is 1.46. The lowest BCUT2D eigenvalue weighted by Gasteiger charge is -1.98. The summed E-state index contributed by atoms with van der Waals surface area (Å²) in [7, 11) is 0. The number of nitrogens with zero attached hydrogens (tertiary/aromatic N) is 2. The fourth-order valence-corrected chi connectivity index (χ4v) is 3.72. The lowest BCUT2D eigenvalue weighted by Crippen LogP contribution is -2.03. The number of esters is 1. The minimum Gasteiger partial charge on any atom is -0.451 e. The van der Waals surface area contributed by atoms with Gasteiger partial charge in [-0.25, -0.2) is 9.18 Å². The normalized spacial score (nSPS) is 11.0. The second-order valence-corrected chi connectivity index (χ2v) is 6.89. The summed E-state index contributed by atoms with van der Waals surface area (Å²) < 4.78 is 24.3. The number of aromatic nitrogens is 2. The highest BCUT2D eigenvalue weighted by molar-refractivity contribution is 7.20. The van der Waals surface area contributed by atoms with Gasteiger partial charge in [0.15, 0.2) is 6.61 Å². The molecule has 0 spiro atoms. The summed E-state index contributed by atoms with van der Waals surface area (Å²) in [6.45, 7) is -0.111. The second-order valence-electron chi connectivity index (χ2n) is 4.86. The Morgan fingerprint density at radius 2 is 2.21 bits per heavy atom. The molecule has 0 aliphatic carbocycles. The summed E-state index contributed by atoms with van der Waals surface area (Å²) in [6.07, 6.45) is 0. The summed E-state index contributed by atoms with van der Waals surface area (Å²) in [6, 6.07) is 9.75. The van der Waals surface area contributed by atoms with Gasteiger partial charge in [0.25, 0.3) is 5.89 Å². The van der Waals surface area contributed by atoms with E-state index in [1.54, 1.807) is 12.1 Å². The highest BCUT2D eigenvalue weighted by Crippen LogP contribution is 2.27. The van der Waals surface area contributed by atoms with E-state index in [0.29, 0.717) is 16.1 Å². The predicted octanol–water partition coefficient (Wildman–Crippen LogP) is 4.51. The first-order valence-corrected chi connectivity index (χ1v) is 8.61. The third-order valence-corrected chi connectivity index (χ3v) is 5.18. The van der Waals surface area contributed by atoms with Gasteiger partial charge in [0.2, 0.25) is 5.82 Å². The zero-order valence-electron chi connectivity index (χ0n) is 12.1. The molecule has 0 unspecified atom stereocenters. The Morgan fingerprint density at radius 1 is 1.29 bits per heavy atom. The number of hydrogen-bond acceptors (Lipinski definition) is 7. The van der Waals surface area contributed by atoms with Crippen LogP contribution < -0.4 is 0 Å². The summed E-state index contributed by atoms with van der Waals surface area (Å²) in [5.41, 5.74) is 0. The molecule has 120 valence electrons. The smallest absolute Gasteiger partial charge is 0.348 e. The van der Waals surface area contributed by atoms with E-state index in [0.717, 1.165) is 9.58 Å². The monoisotopic (exact) mass is 360 g/mol. The van der Waals surface area contributed by atoms with Gasteiger partial charge >= 0.3 is 5.97 Å². The molecule has 0 amide bonds. The van der Waals surface area contributed by atoms with E-state index in [4.69, 9.17) is 9.26 Å². The van der Waals surface area contributed by atoms with Crippen LogP contribution in [0.2, 0.25) is 0 Å². The van der Waals surface area contributed by atoms with Gasteiger partial charge in [0.1, 0.15) is 10.7 Å². The average Bonchev–Trinajstić information content (AvgIpc) is 3.30. The molecule has 0 aliphatic rings. The van der Waals surface area contributed by atoms with Crippen LogP contribution in [0.25, 0.3) is 20.8 Å². The number of thiophene rings is 2. The fraction of sp³-hybridized carbons (Fsp3) is 0.0625. The molecule has 0 aliphatic heterocycles. The van der Waals surface area contributed by atoms with Gasteiger partial charge in [0.05, 0.1) is 4.88 Å². The van der Waals surface area contributed by atoms with Crippen molar-refractivity contribution in [2.24, 2.45) is 0 Å². The van der Waals surface area contributed by atoms with Gasteiger partial charge in [-0.15, -0.1) is 22.7 Å². The first kappa shape index (κ1) is 15.0. The summed E-state index contributed by atoms with van der Waals surface area (Å²) in [5, 5.41) is 6.43. The predicted molar refractivity (Wildman–Crippen MR) is 88.5 cm³/mol. The zero-order valence-corrected chi connectivity index (χ0v) is 13.7. The Hall–Kier alpha value is -2.58. The van der Waals surface area contributed by atoms with E-state index in [1.807, 2.05) is 17.5 Å². The molecule has 0 N–H and O–H groups in total. The Kier molecular flexibility index (Phi) is 3.83. The van der Waals surface area contributed by atoms with Crippen molar-refractivity contribution in [3.05, 3.63) is 58.4 Å². The molecule has 3 heterocycles.